The normalized spacial score (nSPS) is 15.6. The lowest BCUT2D eigenvalue weighted by atomic mass is 9.96. The zero-order chi connectivity index (χ0) is 34.4. The van der Waals surface area contributed by atoms with Crippen LogP contribution in [0.4, 0.5) is 22.7 Å². The molecule has 0 fully saturated rings. The van der Waals surface area contributed by atoms with Gasteiger partial charge in [-0.2, -0.15) is 0 Å². The van der Waals surface area contributed by atoms with Gasteiger partial charge in [-0.3, -0.25) is 0 Å². The zero-order valence-electron chi connectivity index (χ0n) is 28.7. The summed E-state index contributed by atoms with van der Waals surface area (Å²) in [4.78, 5) is 5.22. The van der Waals surface area contributed by atoms with E-state index >= 15 is 0 Å². The van der Waals surface area contributed by atoms with Gasteiger partial charge in [0, 0.05) is 33.9 Å². The van der Waals surface area contributed by atoms with Crippen LogP contribution >= 0.6 is 0 Å². The highest BCUT2D eigenvalue weighted by Gasteiger charge is 2.50. The van der Waals surface area contributed by atoms with Crippen LogP contribution in [0, 0.1) is 0 Å². The Labute approximate surface area is 305 Å². The zero-order valence-corrected chi connectivity index (χ0v) is 28.7. The highest BCUT2D eigenvalue weighted by molar-refractivity contribution is 5.89. The molecular formula is C50H36N2. The Hall–Kier alpha value is -6.64. The highest BCUT2D eigenvalue weighted by Crippen LogP contribution is 2.63. The summed E-state index contributed by atoms with van der Waals surface area (Å²) in [5.74, 6) is 0. The number of para-hydroxylation sites is 2. The maximum atomic E-state index is 2.61. The minimum absolute atomic E-state index is 0.0730. The van der Waals surface area contributed by atoms with Crippen LogP contribution in [0.15, 0.2) is 206 Å². The summed E-state index contributed by atoms with van der Waals surface area (Å²) in [7, 11) is 0. The van der Waals surface area contributed by atoms with Crippen LogP contribution in [0.2, 0.25) is 0 Å². The molecule has 246 valence electrons. The Kier molecular flexibility index (Phi) is 7.32. The summed E-state index contributed by atoms with van der Waals surface area (Å²) in [6, 6.07) is 75.5. The first-order valence-electron chi connectivity index (χ1n) is 18.1. The Morgan fingerprint density at radius 3 is 0.827 bits per heavy atom. The van der Waals surface area contributed by atoms with Crippen LogP contribution in [-0.2, 0) is 0 Å². The molecule has 2 heterocycles. The number of anilines is 4. The third-order valence-electron chi connectivity index (χ3n) is 10.7. The molecular weight excluding hydrogens is 629 g/mol. The molecule has 0 saturated heterocycles. The lowest BCUT2D eigenvalue weighted by Crippen LogP contribution is -2.24. The van der Waals surface area contributed by atoms with Crippen LogP contribution in [0.5, 0.6) is 0 Å². The molecule has 52 heavy (non-hydrogen) atoms. The van der Waals surface area contributed by atoms with Crippen molar-refractivity contribution in [1.29, 1.82) is 0 Å². The summed E-state index contributed by atoms with van der Waals surface area (Å²) in [6.45, 7) is 0. The number of benzene rings is 8. The number of hydrogen-bond donors (Lipinski definition) is 0. The van der Waals surface area contributed by atoms with E-state index in [-0.39, 0.29) is 12.1 Å². The lowest BCUT2D eigenvalue weighted by molar-refractivity contribution is 0.634. The van der Waals surface area contributed by atoms with Crippen molar-refractivity contribution in [3.8, 4) is 44.5 Å². The predicted octanol–water partition coefficient (Wildman–Crippen LogP) is 13.4. The summed E-state index contributed by atoms with van der Waals surface area (Å²) >= 11 is 0. The maximum Gasteiger partial charge on any atom is 0.0861 e. The summed E-state index contributed by atoms with van der Waals surface area (Å²) in [5.41, 5.74) is 17.3. The maximum absolute atomic E-state index is 2.61. The SMILES string of the molecule is c1ccc(-c2cc(-c3ccccc3)cc(N3c4ccccc4C4C3c3ccccc3N4c3cc(-c4ccccc4)cc(-c4ccccc4)c3)c2)cc1. The van der Waals surface area contributed by atoms with Crippen LogP contribution in [0.3, 0.4) is 0 Å². The average molecular weight is 665 g/mol. The first-order chi connectivity index (χ1) is 25.8. The number of rotatable bonds is 6. The third kappa shape index (κ3) is 5.11. The molecule has 0 radical (unpaired) electrons. The van der Waals surface area contributed by atoms with Gasteiger partial charge in [-0.15, -0.1) is 0 Å². The fourth-order valence-corrected chi connectivity index (χ4v) is 8.40. The number of fused-ring (bicyclic) bond motifs is 5. The molecule has 0 N–H and O–H groups in total. The van der Waals surface area contributed by atoms with Crippen LogP contribution in [-0.4, -0.2) is 0 Å². The molecule has 2 aliphatic rings. The van der Waals surface area contributed by atoms with Crippen molar-refractivity contribution in [1.82, 2.24) is 0 Å². The summed E-state index contributed by atoms with van der Waals surface area (Å²) in [6.07, 6.45) is 0. The van der Waals surface area contributed by atoms with Gasteiger partial charge in [-0.05, 0) is 93.0 Å². The molecule has 0 saturated carbocycles. The molecule has 2 unspecified atom stereocenters. The summed E-state index contributed by atoms with van der Waals surface area (Å²) < 4.78 is 0. The molecule has 2 nitrogen and oxygen atoms in total. The van der Waals surface area contributed by atoms with Crippen LogP contribution < -0.4 is 9.80 Å². The first kappa shape index (κ1) is 30.2. The monoisotopic (exact) mass is 664 g/mol. The van der Waals surface area contributed by atoms with Gasteiger partial charge in [0.05, 0.1) is 12.1 Å². The molecule has 8 aromatic rings. The summed E-state index contributed by atoms with van der Waals surface area (Å²) in [5, 5.41) is 0. The van der Waals surface area contributed by atoms with E-state index in [1.54, 1.807) is 0 Å². The van der Waals surface area contributed by atoms with E-state index in [1.807, 2.05) is 0 Å². The van der Waals surface area contributed by atoms with Gasteiger partial charge < -0.3 is 9.80 Å². The highest BCUT2D eigenvalue weighted by atomic mass is 15.3. The number of nitrogens with zero attached hydrogens (tertiary/aromatic N) is 2. The Bertz CT molecular complexity index is 2230. The molecule has 10 rings (SSSR count). The minimum atomic E-state index is 0.0730. The Morgan fingerprint density at radius 1 is 0.250 bits per heavy atom. The fourth-order valence-electron chi connectivity index (χ4n) is 8.40. The quantitative estimate of drug-likeness (QED) is 0.175. The molecule has 0 spiro atoms. The molecule has 0 aromatic heterocycles. The third-order valence-corrected chi connectivity index (χ3v) is 10.7. The van der Waals surface area contributed by atoms with Gasteiger partial charge in [0.15, 0.2) is 0 Å². The fraction of sp³-hybridized carbons (Fsp3) is 0.0400. The van der Waals surface area contributed by atoms with Gasteiger partial charge in [0.1, 0.15) is 0 Å². The molecule has 8 aromatic carbocycles. The Morgan fingerprint density at radius 2 is 0.519 bits per heavy atom. The van der Waals surface area contributed by atoms with Crippen molar-refractivity contribution in [2.75, 3.05) is 9.80 Å². The van der Waals surface area contributed by atoms with Crippen molar-refractivity contribution in [3.05, 3.63) is 217 Å². The van der Waals surface area contributed by atoms with Gasteiger partial charge in [0.2, 0.25) is 0 Å². The standard InChI is InChI=1S/C50H36N2/c1-5-17-35(18-6-1)39-29-40(36-19-7-2-8-20-36)32-43(31-39)51-47-27-15-13-25-45(47)50-49(51)46-26-14-16-28-48(46)52(50)44-33-41(37-21-9-3-10-22-37)30-42(34-44)38-23-11-4-12-24-38/h1-34,49-50H. The molecule has 2 heteroatoms. The van der Waals surface area contributed by atoms with Crippen molar-refractivity contribution in [2.24, 2.45) is 0 Å². The molecule has 0 amide bonds. The minimum Gasteiger partial charge on any atom is -0.331 e. The topological polar surface area (TPSA) is 6.48 Å². The van der Waals surface area contributed by atoms with Crippen molar-refractivity contribution >= 4 is 22.7 Å². The second kappa shape index (κ2) is 12.6. The van der Waals surface area contributed by atoms with Gasteiger partial charge in [-0.25, -0.2) is 0 Å². The molecule has 0 bridgehead atoms. The second-order valence-electron chi connectivity index (χ2n) is 13.7. The largest absolute Gasteiger partial charge is 0.331 e. The molecule has 2 atom stereocenters. The second-order valence-corrected chi connectivity index (χ2v) is 13.7. The first-order valence-corrected chi connectivity index (χ1v) is 18.1. The van der Waals surface area contributed by atoms with E-state index in [1.165, 1.54) is 78.4 Å². The van der Waals surface area contributed by atoms with Gasteiger partial charge >= 0.3 is 0 Å². The van der Waals surface area contributed by atoms with Gasteiger partial charge in [0.25, 0.3) is 0 Å². The van der Waals surface area contributed by atoms with Crippen molar-refractivity contribution in [2.45, 2.75) is 12.1 Å². The molecule has 2 aliphatic heterocycles. The van der Waals surface area contributed by atoms with Crippen LogP contribution in [0.25, 0.3) is 44.5 Å². The van der Waals surface area contributed by atoms with Crippen molar-refractivity contribution < 1.29 is 0 Å². The predicted molar refractivity (Wildman–Crippen MR) is 217 cm³/mol. The van der Waals surface area contributed by atoms with E-state index in [9.17, 15) is 0 Å². The van der Waals surface area contributed by atoms with Gasteiger partial charge in [-0.1, -0.05) is 158 Å². The van der Waals surface area contributed by atoms with E-state index < -0.39 is 0 Å². The molecule has 0 aliphatic carbocycles. The number of hydrogen-bond acceptors (Lipinski definition) is 2. The Balaban J connectivity index is 1.19. The van der Waals surface area contributed by atoms with E-state index in [2.05, 4.69) is 216 Å². The van der Waals surface area contributed by atoms with E-state index in [0.29, 0.717) is 0 Å². The average Bonchev–Trinajstić information content (AvgIpc) is 3.75. The van der Waals surface area contributed by atoms with E-state index in [4.69, 9.17) is 0 Å². The van der Waals surface area contributed by atoms with Crippen LogP contribution in [0.1, 0.15) is 23.2 Å². The van der Waals surface area contributed by atoms with Crippen molar-refractivity contribution in [3.63, 3.8) is 0 Å². The van der Waals surface area contributed by atoms with E-state index in [0.717, 1.165) is 0 Å². The lowest BCUT2D eigenvalue weighted by Gasteiger charge is -2.30. The smallest absolute Gasteiger partial charge is 0.0861 e.